The summed E-state index contributed by atoms with van der Waals surface area (Å²) in [6.07, 6.45) is 1.73. The minimum absolute atomic E-state index is 0.199. The van der Waals surface area contributed by atoms with Crippen LogP contribution in [0.4, 0.5) is 0 Å². The molecular formula is C15H10ClN5OS. The number of hydrogen-bond donors (Lipinski definition) is 1. The maximum absolute atomic E-state index is 11.9. The maximum atomic E-state index is 11.9. The Labute approximate surface area is 140 Å². The summed E-state index contributed by atoms with van der Waals surface area (Å²) < 4.78 is 2.16. The summed E-state index contributed by atoms with van der Waals surface area (Å²) in [5.74, 6) is -0.199. The zero-order valence-electron chi connectivity index (χ0n) is 11.7. The van der Waals surface area contributed by atoms with Crippen LogP contribution in [0.1, 0.15) is 20.9 Å². The molecule has 0 spiro atoms. The number of hydrogen-bond acceptors (Lipinski definition) is 5. The van der Waals surface area contributed by atoms with Crippen molar-refractivity contribution in [1.29, 1.82) is 5.26 Å². The lowest BCUT2D eigenvalue weighted by molar-refractivity contribution is 0.0954. The van der Waals surface area contributed by atoms with E-state index in [-0.39, 0.29) is 12.5 Å². The van der Waals surface area contributed by atoms with Crippen molar-refractivity contribution in [3.8, 4) is 11.8 Å². The number of nitrogens with zero attached hydrogens (tertiary/aromatic N) is 4. The maximum Gasteiger partial charge on any atom is 0.261 e. The average Bonchev–Trinajstić information content (AvgIpc) is 3.22. The Kier molecular flexibility index (Phi) is 4.37. The van der Waals surface area contributed by atoms with Gasteiger partial charge >= 0.3 is 0 Å². The van der Waals surface area contributed by atoms with Gasteiger partial charge in [-0.1, -0.05) is 16.8 Å². The molecule has 0 aliphatic carbocycles. The number of nitriles is 1. The van der Waals surface area contributed by atoms with Crippen LogP contribution in [0.25, 0.3) is 5.69 Å². The number of halogens is 1. The van der Waals surface area contributed by atoms with E-state index in [1.807, 2.05) is 0 Å². The predicted molar refractivity (Wildman–Crippen MR) is 86.6 cm³/mol. The first-order valence-electron chi connectivity index (χ1n) is 6.61. The molecule has 0 atom stereocenters. The second-order valence-corrected chi connectivity index (χ2v) is 6.31. The van der Waals surface area contributed by atoms with E-state index < -0.39 is 0 Å². The van der Waals surface area contributed by atoms with E-state index in [1.165, 1.54) is 11.3 Å². The van der Waals surface area contributed by atoms with Gasteiger partial charge in [0.1, 0.15) is 5.69 Å². The standard InChI is InChI=1S/C15H10ClN5OS/c16-14-6-5-13(23-14)15(22)18-8-11-9-21(20-19-11)12-3-1-10(7-17)2-4-12/h1-6,9H,8H2,(H,18,22). The van der Waals surface area contributed by atoms with Crippen LogP contribution in [0, 0.1) is 11.3 Å². The van der Waals surface area contributed by atoms with Gasteiger partial charge < -0.3 is 5.32 Å². The molecule has 2 heterocycles. The second-order valence-electron chi connectivity index (χ2n) is 4.60. The minimum Gasteiger partial charge on any atom is -0.346 e. The molecular weight excluding hydrogens is 334 g/mol. The summed E-state index contributed by atoms with van der Waals surface area (Å²) in [5.41, 5.74) is 2.00. The molecule has 0 saturated heterocycles. The van der Waals surface area contributed by atoms with E-state index in [0.717, 1.165) is 5.69 Å². The van der Waals surface area contributed by atoms with Gasteiger partial charge in [-0.05, 0) is 36.4 Å². The normalized spacial score (nSPS) is 10.3. The number of nitrogens with one attached hydrogen (secondary N) is 1. The largest absolute Gasteiger partial charge is 0.346 e. The average molecular weight is 344 g/mol. The first kappa shape index (κ1) is 15.2. The molecule has 23 heavy (non-hydrogen) atoms. The van der Waals surface area contributed by atoms with E-state index in [0.29, 0.717) is 20.5 Å². The molecule has 1 N–H and O–H groups in total. The van der Waals surface area contributed by atoms with Crippen molar-refractivity contribution < 1.29 is 4.79 Å². The third kappa shape index (κ3) is 3.56. The number of carbonyl (C=O) groups is 1. The van der Waals surface area contributed by atoms with Gasteiger partial charge in [-0.3, -0.25) is 4.79 Å². The lowest BCUT2D eigenvalue weighted by Gasteiger charge is -2.00. The van der Waals surface area contributed by atoms with Crippen molar-refractivity contribution in [3.05, 3.63) is 63.1 Å². The van der Waals surface area contributed by atoms with Crippen LogP contribution in [-0.2, 0) is 6.54 Å². The van der Waals surface area contributed by atoms with Gasteiger partial charge in [-0.2, -0.15) is 5.26 Å². The topological polar surface area (TPSA) is 83.6 Å². The van der Waals surface area contributed by atoms with E-state index in [4.69, 9.17) is 16.9 Å². The molecule has 1 amide bonds. The van der Waals surface area contributed by atoms with Crippen molar-refractivity contribution in [2.75, 3.05) is 0 Å². The van der Waals surface area contributed by atoms with E-state index in [9.17, 15) is 4.79 Å². The van der Waals surface area contributed by atoms with Gasteiger partial charge in [0.05, 0.1) is 39.3 Å². The number of benzene rings is 1. The van der Waals surface area contributed by atoms with Crippen LogP contribution in [-0.4, -0.2) is 20.9 Å². The van der Waals surface area contributed by atoms with E-state index in [2.05, 4.69) is 21.7 Å². The zero-order chi connectivity index (χ0) is 16.2. The first-order chi connectivity index (χ1) is 11.2. The SMILES string of the molecule is N#Cc1ccc(-n2cc(CNC(=O)c3ccc(Cl)s3)nn2)cc1. The monoisotopic (exact) mass is 343 g/mol. The molecule has 0 radical (unpaired) electrons. The molecule has 0 saturated carbocycles. The molecule has 8 heteroatoms. The second kappa shape index (κ2) is 6.60. The lowest BCUT2D eigenvalue weighted by Crippen LogP contribution is -2.21. The van der Waals surface area contributed by atoms with Crippen molar-refractivity contribution in [2.45, 2.75) is 6.54 Å². The fourth-order valence-corrected chi connectivity index (χ4v) is 2.85. The van der Waals surface area contributed by atoms with Crippen molar-refractivity contribution in [3.63, 3.8) is 0 Å². The fraction of sp³-hybridized carbons (Fsp3) is 0.0667. The smallest absolute Gasteiger partial charge is 0.261 e. The van der Waals surface area contributed by atoms with Crippen LogP contribution in [0.2, 0.25) is 4.34 Å². The number of aromatic nitrogens is 3. The zero-order valence-corrected chi connectivity index (χ0v) is 13.3. The van der Waals surface area contributed by atoms with Gasteiger partial charge in [0.25, 0.3) is 5.91 Å². The molecule has 0 fully saturated rings. The number of thiophene rings is 1. The Balaban J connectivity index is 1.65. The summed E-state index contributed by atoms with van der Waals surface area (Å²) in [6, 6.07) is 12.4. The number of amides is 1. The Bertz CT molecular complexity index is 878. The summed E-state index contributed by atoms with van der Waals surface area (Å²) in [6.45, 7) is 0.268. The van der Waals surface area contributed by atoms with Crippen LogP contribution in [0.5, 0.6) is 0 Å². The highest BCUT2D eigenvalue weighted by Gasteiger charge is 2.10. The quantitative estimate of drug-likeness (QED) is 0.789. The Hall–Kier alpha value is -2.69. The minimum atomic E-state index is -0.199. The van der Waals surface area contributed by atoms with Crippen LogP contribution in [0.3, 0.4) is 0 Å². The molecule has 0 bridgehead atoms. The summed E-state index contributed by atoms with van der Waals surface area (Å²) >= 11 is 7.03. The molecule has 0 aliphatic rings. The molecule has 3 aromatic rings. The fourth-order valence-electron chi connectivity index (χ4n) is 1.89. The molecule has 2 aromatic heterocycles. The highest BCUT2D eigenvalue weighted by molar-refractivity contribution is 7.17. The first-order valence-corrected chi connectivity index (χ1v) is 7.80. The van der Waals surface area contributed by atoms with Crippen LogP contribution in [0.15, 0.2) is 42.6 Å². The Morgan fingerprint density at radius 2 is 2.09 bits per heavy atom. The summed E-state index contributed by atoms with van der Waals surface area (Å²) in [7, 11) is 0. The van der Waals surface area contributed by atoms with Crippen molar-refractivity contribution in [1.82, 2.24) is 20.3 Å². The Morgan fingerprint density at radius 3 is 2.74 bits per heavy atom. The van der Waals surface area contributed by atoms with Gasteiger partial charge in [-0.25, -0.2) is 4.68 Å². The van der Waals surface area contributed by atoms with Gasteiger partial charge in [-0.15, -0.1) is 16.4 Å². The Morgan fingerprint density at radius 1 is 1.30 bits per heavy atom. The predicted octanol–water partition coefficient (Wildman–Crippen LogP) is 2.78. The molecule has 6 nitrogen and oxygen atoms in total. The van der Waals surface area contributed by atoms with Crippen LogP contribution < -0.4 is 5.32 Å². The summed E-state index contributed by atoms with van der Waals surface area (Å²) in [4.78, 5) is 12.5. The van der Waals surface area contributed by atoms with Crippen molar-refractivity contribution in [2.24, 2.45) is 0 Å². The molecule has 0 unspecified atom stereocenters. The summed E-state index contributed by atoms with van der Waals surface area (Å²) in [5, 5.41) is 19.6. The van der Waals surface area contributed by atoms with E-state index >= 15 is 0 Å². The van der Waals surface area contributed by atoms with Gasteiger partial charge in [0.15, 0.2) is 0 Å². The molecule has 0 aliphatic heterocycles. The highest BCUT2D eigenvalue weighted by Crippen LogP contribution is 2.21. The van der Waals surface area contributed by atoms with Crippen molar-refractivity contribution >= 4 is 28.8 Å². The van der Waals surface area contributed by atoms with Gasteiger partial charge in [0.2, 0.25) is 0 Å². The lowest BCUT2D eigenvalue weighted by atomic mass is 10.2. The number of rotatable bonds is 4. The van der Waals surface area contributed by atoms with Gasteiger partial charge in [0, 0.05) is 0 Å². The number of carbonyl (C=O) groups excluding carboxylic acids is 1. The highest BCUT2D eigenvalue weighted by atomic mass is 35.5. The third-order valence-corrected chi connectivity index (χ3v) is 4.26. The molecule has 114 valence electrons. The van der Waals surface area contributed by atoms with E-state index in [1.54, 1.807) is 47.3 Å². The molecule has 3 rings (SSSR count). The molecule has 1 aromatic carbocycles. The van der Waals surface area contributed by atoms with Crippen LogP contribution >= 0.6 is 22.9 Å². The third-order valence-electron chi connectivity index (χ3n) is 3.03.